The molecule has 1 N–H and O–H groups in total. The van der Waals surface area contributed by atoms with Crippen molar-refractivity contribution in [2.24, 2.45) is 0 Å². The topological polar surface area (TPSA) is 109 Å². The van der Waals surface area contributed by atoms with Gasteiger partial charge < -0.3 is 9.72 Å². The molecule has 0 amide bonds. The van der Waals surface area contributed by atoms with Crippen molar-refractivity contribution < 1.29 is 9.53 Å². The maximum atomic E-state index is 13.2. The first-order valence-electron chi connectivity index (χ1n) is 10.7. The van der Waals surface area contributed by atoms with E-state index in [1.165, 1.54) is 16.2 Å². The Balaban J connectivity index is 1.42. The van der Waals surface area contributed by atoms with Crippen LogP contribution in [0.2, 0.25) is 0 Å². The Morgan fingerprint density at radius 2 is 2.15 bits per heavy atom. The van der Waals surface area contributed by atoms with Crippen molar-refractivity contribution >= 4 is 38.7 Å². The second kappa shape index (κ2) is 8.89. The van der Waals surface area contributed by atoms with E-state index >= 15 is 0 Å². The number of nitrogens with zero attached hydrogens (tertiary/aromatic N) is 3. The number of fused-ring (bicyclic) bond motifs is 3. The number of aromatic amines is 1. The first kappa shape index (κ1) is 21.5. The summed E-state index contributed by atoms with van der Waals surface area (Å²) in [5, 5.41) is 13.3. The lowest BCUT2D eigenvalue weighted by molar-refractivity contribution is 0.0975. The van der Waals surface area contributed by atoms with Crippen LogP contribution < -0.4 is 10.3 Å². The minimum absolute atomic E-state index is 0.0860. The van der Waals surface area contributed by atoms with Gasteiger partial charge in [-0.1, -0.05) is 12.1 Å². The van der Waals surface area contributed by atoms with E-state index in [9.17, 15) is 14.9 Å². The van der Waals surface area contributed by atoms with Gasteiger partial charge in [-0.2, -0.15) is 5.26 Å². The molecule has 1 aromatic carbocycles. The average Bonchev–Trinajstić information content (AvgIpc) is 3.41. The summed E-state index contributed by atoms with van der Waals surface area (Å²) in [6.07, 6.45) is 3.97. The number of Topliss-reactive ketones (excluding diaryl/α,β-unsaturated/α-hetero) is 1. The largest absolute Gasteiger partial charge is 0.487 e. The highest BCUT2D eigenvalue weighted by Gasteiger charge is 2.27. The van der Waals surface area contributed by atoms with Crippen molar-refractivity contribution in [1.82, 2.24) is 15.0 Å². The zero-order valence-electron chi connectivity index (χ0n) is 17.9. The molecule has 1 aliphatic carbocycles. The number of aromatic nitrogens is 3. The lowest BCUT2D eigenvalue weighted by Gasteiger charge is -2.11. The number of nitrogens with one attached hydrogen (secondary N) is 1. The molecule has 0 fully saturated rings. The molecular weight excluding hydrogens is 456 g/mol. The highest BCUT2D eigenvalue weighted by molar-refractivity contribution is 7.18. The van der Waals surface area contributed by atoms with Crippen LogP contribution in [0.1, 0.15) is 56.1 Å². The first-order valence-corrected chi connectivity index (χ1v) is 12.4. The fraction of sp³-hybridized carbons (Fsp3) is 0.292. The number of aryl methyl sites for hydroxylation is 3. The van der Waals surface area contributed by atoms with Gasteiger partial charge in [0.2, 0.25) is 0 Å². The number of H-pyrrole nitrogens is 1. The number of hydrogen-bond donors (Lipinski definition) is 1. The summed E-state index contributed by atoms with van der Waals surface area (Å²) in [4.78, 5) is 39.5. The number of hydrogen-bond acceptors (Lipinski definition) is 8. The minimum Gasteiger partial charge on any atom is -0.487 e. The normalized spacial score (nSPS) is 13.9. The molecule has 3 aromatic heterocycles. The van der Waals surface area contributed by atoms with Crippen LogP contribution >= 0.6 is 22.7 Å². The van der Waals surface area contributed by atoms with Gasteiger partial charge in [0.05, 0.1) is 22.2 Å². The van der Waals surface area contributed by atoms with Crippen LogP contribution in [-0.4, -0.2) is 20.7 Å². The molecule has 33 heavy (non-hydrogen) atoms. The zero-order valence-corrected chi connectivity index (χ0v) is 19.5. The lowest BCUT2D eigenvalue weighted by Crippen LogP contribution is -2.20. The van der Waals surface area contributed by atoms with E-state index in [0.29, 0.717) is 21.5 Å². The third-order valence-electron chi connectivity index (χ3n) is 5.68. The third kappa shape index (κ3) is 4.19. The van der Waals surface area contributed by atoms with E-state index in [1.54, 1.807) is 35.6 Å². The summed E-state index contributed by atoms with van der Waals surface area (Å²) in [5.74, 6) is -1.05. The highest BCUT2D eigenvalue weighted by Crippen LogP contribution is 2.34. The van der Waals surface area contributed by atoms with Gasteiger partial charge in [0.25, 0.3) is 5.56 Å². The Bertz CT molecular complexity index is 1460. The summed E-state index contributed by atoms with van der Waals surface area (Å²) in [6.45, 7) is 2.22. The zero-order chi connectivity index (χ0) is 22.9. The standard InChI is InChI=1S/C24H20N4O3S2/c1-13-26-15(12-32-13)11-31-16-6-4-5-14(9-16)21(29)18(10-25)22-27-23(30)20-17-7-2-3-8-19(17)33-24(20)28-22/h4-6,9,12,18H,2-3,7-8,11H2,1H3,(H,27,28,30). The smallest absolute Gasteiger partial charge is 0.259 e. The molecule has 1 aliphatic rings. The fourth-order valence-corrected chi connectivity index (χ4v) is 5.97. The number of thiazole rings is 1. The Morgan fingerprint density at radius 3 is 2.94 bits per heavy atom. The first-order chi connectivity index (χ1) is 16.0. The van der Waals surface area contributed by atoms with E-state index in [4.69, 9.17) is 4.74 Å². The van der Waals surface area contributed by atoms with Crippen LogP contribution in [0.25, 0.3) is 10.2 Å². The van der Waals surface area contributed by atoms with E-state index < -0.39 is 11.7 Å². The third-order valence-corrected chi connectivity index (χ3v) is 7.69. The average molecular weight is 477 g/mol. The number of carbonyl (C=O) groups is 1. The predicted molar refractivity (Wildman–Crippen MR) is 127 cm³/mol. The molecule has 5 rings (SSSR count). The summed E-state index contributed by atoms with van der Waals surface area (Å²) < 4.78 is 5.78. The van der Waals surface area contributed by atoms with Gasteiger partial charge in [-0.05, 0) is 50.3 Å². The van der Waals surface area contributed by atoms with Gasteiger partial charge in [-0.25, -0.2) is 9.97 Å². The highest BCUT2D eigenvalue weighted by atomic mass is 32.1. The quantitative estimate of drug-likeness (QED) is 0.404. The van der Waals surface area contributed by atoms with Crippen molar-refractivity contribution in [2.45, 2.75) is 45.1 Å². The van der Waals surface area contributed by atoms with Crippen LogP contribution in [0, 0.1) is 18.3 Å². The fourth-order valence-electron chi connectivity index (χ4n) is 4.10. The molecule has 0 aliphatic heterocycles. The van der Waals surface area contributed by atoms with Crippen molar-refractivity contribution in [3.63, 3.8) is 0 Å². The lowest BCUT2D eigenvalue weighted by atomic mass is 9.96. The van der Waals surface area contributed by atoms with Gasteiger partial charge in [0, 0.05) is 15.8 Å². The van der Waals surface area contributed by atoms with Crippen molar-refractivity contribution in [3.8, 4) is 11.8 Å². The van der Waals surface area contributed by atoms with Gasteiger partial charge in [0.15, 0.2) is 11.7 Å². The molecule has 3 heterocycles. The number of rotatable bonds is 6. The second-order valence-electron chi connectivity index (χ2n) is 7.94. The van der Waals surface area contributed by atoms with E-state index in [2.05, 4.69) is 15.0 Å². The Hall–Kier alpha value is -3.35. The van der Waals surface area contributed by atoms with Gasteiger partial charge in [-0.15, -0.1) is 22.7 Å². The number of ether oxygens (including phenoxy) is 1. The monoisotopic (exact) mass is 476 g/mol. The second-order valence-corrected chi connectivity index (χ2v) is 10.1. The molecule has 4 aromatic rings. The summed E-state index contributed by atoms with van der Waals surface area (Å²) in [6, 6.07) is 8.71. The van der Waals surface area contributed by atoms with Crippen LogP contribution in [0.4, 0.5) is 0 Å². The maximum absolute atomic E-state index is 13.2. The maximum Gasteiger partial charge on any atom is 0.259 e. The Labute approximate surface area is 197 Å². The van der Waals surface area contributed by atoms with Crippen LogP contribution in [0.5, 0.6) is 5.75 Å². The molecule has 1 unspecified atom stereocenters. The van der Waals surface area contributed by atoms with Crippen molar-refractivity contribution in [3.05, 3.63) is 72.5 Å². The number of carbonyl (C=O) groups excluding carboxylic acids is 1. The summed E-state index contributed by atoms with van der Waals surface area (Å²) in [7, 11) is 0. The van der Waals surface area contributed by atoms with Crippen LogP contribution in [-0.2, 0) is 19.4 Å². The van der Waals surface area contributed by atoms with E-state index in [1.807, 2.05) is 18.4 Å². The van der Waals surface area contributed by atoms with Gasteiger partial charge in [-0.3, -0.25) is 9.59 Å². The van der Waals surface area contributed by atoms with E-state index in [-0.39, 0.29) is 18.0 Å². The molecule has 1 atom stereocenters. The number of ketones is 1. The number of benzene rings is 1. The molecule has 0 radical (unpaired) electrons. The Morgan fingerprint density at radius 1 is 1.30 bits per heavy atom. The molecule has 0 saturated heterocycles. The van der Waals surface area contributed by atoms with Gasteiger partial charge in [0.1, 0.15) is 23.0 Å². The molecule has 0 spiro atoms. The SMILES string of the molecule is Cc1nc(COc2cccc(C(=O)C(C#N)c3nc4sc5c(c4c(=O)[nH]3)CCCC5)c2)cs1. The predicted octanol–water partition coefficient (Wildman–Crippen LogP) is 4.70. The molecule has 166 valence electrons. The summed E-state index contributed by atoms with van der Waals surface area (Å²) in [5.41, 5.74) is 1.93. The molecule has 0 bridgehead atoms. The molecule has 0 saturated carbocycles. The van der Waals surface area contributed by atoms with Crippen molar-refractivity contribution in [1.29, 1.82) is 5.26 Å². The molecular formula is C24H20N4O3S2. The van der Waals surface area contributed by atoms with Gasteiger partial charge >= 0.3 is 0 Å². The van der Waals surface area contributed by atoms with Crippen LogP contribution in [0.15, 0.2) is 34.4 Å². The van der Waals surface area contributed by atoms with E-state index in [0.717, 1.165) is 41.9 Å². The Kier molecular flexibility index (Phi) is 5.79. The molecule has 7 nitrogen and oxygen atoms in total. The number of nitriles is 1. The van der Waals surface area contributed by atoms with Crippen LogP contribution in [0.3, 0.4) is 0 Å². The summed E-state index contributed by atoms with van der Waals surface area (Å²) >= 11 is 3.04. The number of thiophene rings is 1. The minimum atomic E-state index is -1.21. The van der Waals surface area contributed by atoms with Crippen molar-refractivity contribution in [2.75, 3.05) is 0 Å². The molecule has 9 heteroatoms.